The van der Waals surface area contributed by atoms with Crippen LogP contribution in [0.4, 0.5) is 0 Å². The molecule has 7 nitrogen and oxygen atoms in total. The number of hydrogen-bond donors (Lipinski definition) is 1. The van der Waals surface area contributed by atoms with Crippen LogP contribution in [0, 0.1) is 0 Å². The highest BCUT2D eigenvalue weighted by Gasteiger charge is 2.30. The van der Waals surface area contributed by atoms with Crippen molar-refractivity contribution in [3.05, 3.63) is 48.0 Å². The predicted molar refractivity (Wildman–Crippen MR) is 104 cm³/mol. The Labute approximate surface area is 164 Å². The van der Waals surface area contributed by atoms with Crippen molar-refractivity contribution in [2.75, 3.05) is 20.2 Å². The molecule has 7 heteroatoms. The molecule has 1 aliphatic carbocycles. The molecule has 1 N–H and O–H groups in total. The van der Waals surface area contributed by atoms with Crippen molar-refractivity contribution >= 4 is 0 Å². The van der Waals surface area contributed by atoms with Crippen molar-refractivity contribution in [3.63, 3.8) is 0 Å². The van der Waals surface area contributed by atoms with Crippen LogP contribution in [0.25, 0.3) is 11.3 Å². The van der Waals surface area contributed by atoms with Gasteiger partial charge in [-0.3, -0.25) is 10.00 Å². The first kappa shape index (κ1) is 17.4. The summed E-state index contributed by atoms with van der Waals surface area (Å²) >= 11 is 0. The van der Waals surface area contributed by atoms with Crippen LogP contribution >= 0.6 is 0 Å². The van der Waals surface area contributed by atoms with Gasteiger partial charge in [0.25, 0.3) is 0 Å². The number of nitrogens with one attached hydrogen (secondary N) is 1. The van der Waals surface area contributed by atoms with Crippen LogP contribution in [0.3, 0.4) is 0 Å². The van der Waals surface area contributed by atoms with Crippen LogP contribution in [-0.2, 0) is 6.54 Å². The van der Waals surface area contributed by atoms with Crippen molar-refractivity contribution in [2.45, 2.75) is 44.1 Å². The molecule has 5 rings (SSSR count). The van der Waals surface area contributed by atoms with Crippen LogP contribution in [0.5, 0.6) is 5.75 Å². The van der Waals surface area contributed by atoms with E-state index in [1.807, 2.05) is 24.3 Å². The number of H-pyrrole nitrogens is 1. The van der Waals surface area contributed by atoms with Gasteiger partial charge < -0.3 is 9.15 Å². The number of hydrogen-bond acceptors (Lipinski definition) is 6. The summed E-state index contributed by atoms with van der Waals surface area (Å²) in [5.74, 6) is 5.29. The zero-order chi connectivity index (χ0) is 18.9. The third-order valence-corrected chi connectivity index (χ3v) is 5.64. The zero-order valence-corrected chi connectivity index (χ0v) is 16.1. The highest BCUT2D eigenvalue weighted by atomic mass is 16.5. The van der Waals surface area contributed by atoms with Gasteiger partial charge in [-0.05, 0) is 44.4 Å². The lowest BCUT2D eigenvalue weighted by atomic mass is 9.97. The number of benzene rings is 1. The highest BCUT2D eigenvalue weighted by Crippen LogP contribution is 2.38. The van der Waals surface area contributed by atoms with Gasteiger partial charge in [-0.25, -0.2) is 9.97 Å². The monoisotopic (exact) mass is 379 g/mol. The minimum atomic E-state index is 0.376. The normalized spacial score (nSPS) is 20.4. The van der Waals surface area contributed by atoms with Crippen molar-refractivity contribution in [3.8, 4) is 17.1 Å². The van der Waals surface area contributed by atoms with Crippen molar-refractivity contribution in [1.82, 2.24) is 25.1 Å². The molecule has 2 fully saturated rings. The standard InChI is InChI=1S/C21H25N5O2/c1-27-17-7-3-2-6-16(17)18-11-22-19(28-18)13-26-10-4-5-15(12-26)21-23-20(24-25-21)14-8-9-14/h2-3,6-7,11,14-15H,4-5,8-10,12-13H2,1H3,(H,23,24,25)/t15-/m0/s1. The molecule has 0 amide bonds. The first-order chi connectivity index (χ1) is 13.8. The van der Waals surface area contributed by atoms with E-state index in [2.05, 4.69) is 20.1 Å². The lowest BCUT2D eigenvalue weighted by Gasteiger charge is -2.30. The smallest absolute Gasteiger partial charge is 0.209 e. The number of nitrogens with zero attached hydrogens (tertiary/aromatic N) is 4. The largest absolute Gasteiger partial charge is 0.496 e. The third-order valence-electron chi connectivity index (χ3n) is 5.64. The number of likely N-dealkylation sites (tertiary alicyclic amines) is 1. The van der Waals surface area contributed by atoms with E-state index in [0.29, 0.717) is 18.4 Å². The van der Waals surface area contributed by atoms with E-state index < -0.39 is 0 Å². The number of aromatic nitrogens is 4. The molecule has 0 bridgehead atoms. The molecule has 1 saturated heterocycles. The van der Waals surface area contributed by atoms with E-state index in [0.717, 1.165) is 60.5 Å². The Bertz CT molecular complexity index is 946. The Kier molecular flexibility index (Phi) is 4.60. The second kappa shape index (κ2) is 7.39. The molecular formula is C21H25N5O2. The molecule has 2 aliphatic rings. The summed E-state index contributed by atoms with van der Waals surface area (Å²) in [5.41, 5.74) is 0.925. The van der Waals surface area contributed by atoms with Crippen LogP contribution in [0.2, 0.25) is 0 Å². The van der Waals surface area contributed by atoms with Crippen LogP contribution in [0.15, 0.2) is 34.9 Å². The number of aromatic amines is 1. The quantitative estimate of drug-likeness (QED) is 0.703. The van der Waals surface area contributed by atoms with E-state index in [-0.39, 0.29) is 0 Å². The van der Waals surface area contributed by atoms with Gasteiger partial charge in [-0.1, -0.05) is 12.1 Å². The van der Waals surface area contributed by atoms with E-state index in [4.69, 9.17) is 14.1 Å². The summed E-state index contributed by atoms with van der Waals surface area (Å²) in [7, 11) is 1.67. The van der Waals surface area contributed by atoms with Crippen molar-refractivity contribution in [1.29, 1.82) is 0 Å². The summed E-state index contributed by atoms with van der Waals surface area (Å²) < 4.78 is 11.5. The fourth-order valence-corrected chi connectivity index (χ4v) is 3.97. The second-order valence-electron chi connectivity index (χ2n) is 7.75. The predicted octanol–water partition coefficient (Wildman–Crippen LogP) is 3.73. The lowest BCUT2D eigenvalue weighted by Crippen LogP contribution is -2.34. The van der Waals surface area contributed by atoms with E-state index in [1.54, 1.807) is 13.3 Å². The molecule has 146 valence electrons. The fourth-order valence-electron chi connectivity index (χ4n) is 3.97. The maximum atomic E-state index is 6.03. The first-order valence-electron chi connectivity index (χ1n) is 10.0. The van der Waals surface area contributed by atoms with Gasteiger partial charge in [0, 0.05) is 18.4 Å². The average Bonchev–Trinajstić information content (AvgIpc) is 3.28. The molecule has 1 saturated carbocycles. The fraction of sp³-hybridized carbons (Fsp3) is 0.476. The second-order valence-corrected chi connectivity index (χ2v) is 7.75. The molecule has 0 radical (unpaired) electrons. The molecule has 1 aromatic carbocycles. The molecule has 3 heterocycles. The van der Waals surface area contributed by atoms with Crippen LogP contribution in [0.1, 0.15) is 55.1 Å². The van der Waals surface area contributed by atoms with Gasteiger partial charge in [0.1, 0.15) is 11.6 Å². The number of ether oxygens (including phenoxy) is 1. The topological polar surface area (TPSA) is 80.1 Å². The van der Waals surface area contributed by atoms with Crippen LogP contribution < -0.4 is 4.74 Å². The number of piperidine rings is 1. The summed E-state index contributed by atoms with van der Waals surface area (Å²) in [6.45, 7) is 2.68. The van der Waals surface area contributed by atoms with Crippen molar-refractivity contribution in [2.24, 2.45) is 0 Å². The van der Waals surface area contributed by atoms with Gasteiger partial charge in [0.15, 0.2) is 11.6 Å². The minimum absolute atomic E-state index is 0.376. The number of para-hydroxylation sites is 1. The molecule has 1 aliphatic heterocycles. The SMILES string of the molecule is COc1ccccc1-c1cnc(CN2CCC[C@H](c3n[nH]c(C4CC4)n3)C2)o1. The summed E-state index contributed by atoms with van der Waals surface area (Å²) in [6, 6.07) is 7.84. The Hall–Kier alpha value is -2.67. The molecular weight excluding hydrogens is 354 g/mol. The minimum Gasteiger partial charge on any atom is -0.496 e. The Morgan fingerprint density at radius 3 is 2.96 bits per heavy atom. The van der Waals surface area contributed by atoms with Gasteiger partial charge >= 0.3 is 0 Å². The van der Waals surface area contributed by atoms with Gasteiger partial charge in [0.05, 0.1) is 25.4 Å². The first-order valence-corrected chi connectivity index (χ1v) is 10.0. The van der Waals surface area contributed by atoms with Gasteiger partial charge in [-0.2, -0.15) is 5.10 Å². The molecule has 0 unspecified atom stereocenters. The Morgan fingerprint density at radius 1 is 1.21 bits per heavy atom. The van der Waals surface area contributed by atoms with E-state index in [1.165, 1.54) is 12.8 Å². The maximum absolute atomic E-state index is 6.03. The third kappa shape index (κ3) is 3.54. The molecule has 0 spiro atoms. The highest BCUT2D eigenvalue weighted by molar-refractivity contribution is 5.64. The van der Waals surface area contributed by atoms with E-state index in [9.17, 15) is 0 Å². The maximum Gasteiger partial charge on any atom is 0.209 e. The summed E-state index contributed by atoms with van der Waals surface area (Å²) in [5, 5.41) is 7.63. The molecule has 28 heavy (non-hydrogen) atoms. The Balaban J connectivity index is 1.26. The lowest BCUT2D eigenvalue weighted by molar-refractivity contribution is 0.181. The Morgan fingerprint density at radius 2 is 2.11 bits per heavy atom. The summed E-state index contributed by atoms with van der Waals surface area (Å²) in [4.78, 5) is 11.6. The zero-order valence-electron chi connectivity index (χ0n) is 16.1. The van der Waals surface area contributed by atoms with Gasteiger partial charge in [0.2, 0.25) is 5.89 Å². The number of methoxy groups -OCH3 is 1. The van der Waals surface area contributed by atoms with E-state index >= 15 is 0 Å². The molecule has 1 atom stereocenters. The summed E-state index contributed by atoms with van der Waals surface area (Å²) in [6.07, 6.45) is 6.54. The number of oxazole rings is 1. The molecule has 3 aromatic rings. The van der Waals surface area contributed by atoms with Gasteiger partial charge in [-0.15, -0.1) is 0 Å². The molecule has 2 aromatic heterocycles. The average molecular weight is 379 g/mol. The number of rotatable bonds is 6. The van der Waals surface area contributed by atoms with Crippen molar-refractivity contribution < 1.29 is 9.15 Å². The van der Waals surface area contributed by atoms with Crippen LogP contribution in [-0.4, -0.2) is 45.3 Å².